The summed E-state index contributed by atoms with van der Waals surface area (Å²) < 4.78 is 0. The van der Waals surface area contributed by atoms with Gasteiger partial charge in [-0.15, -0.1) is 0 Å². The lowest BCUT2D eigenvalue weighted by molar-refractivity contribution is 0.353. The van der Waals surface area contributed by atoms with E-state index in [1.54, 1.807) is 0 Å². The molecule has 1 fully saturated rings. The summed E-state index contributed by atoms with van der Waals surface area (Å²) in [5, 5.41) is 5.15. The van der Waals surface area contributed by atoms with Crippen LogP contribution >= 0.6 is 0 Å². The maximum Gasteiger partial charge on any atom is 0.0714 e. The van der Waals surface area contributed by atoms with Gasteiger partial charge in [0.2, 0.25) is 0 Å². The number of rotatable bonds is 6. The lowest BCUT2D eigenvalue weighted by atomic mass is 9.67. The zero-order valence-corrected chi connectivity index (χ0v) is 36.1. The van der Waals surface area contributed by atoms with E-state index in [1.807, 2.05) is 0 Å². The van der Waals surface area contributed by atoms with Crippen molar-refractivity contribution in [1.29, 1.82) is 0 Å². The Labute approximate surface area is 376 Å². The Hall–Kier alpha value is -7.22. The van der Waals surface area contributed by atoms with Crippen LogP contribution in [0, 0.1) is 0 Å². The zero-order chi connectivity index (χ0) is 42.2. The van der Waals surface area contributed by atoms with E-state index >= 15 is 0 Å². The molecule has 1 nitrogen and oxygen atoms in total. The number of hydrogen-bond donors (Lipinski definition) is 0. The van der Waals surface area contributed by atoms with E-state index in [2.05, 4.69) is 223 Å². The Balaban J connectivity index is 1.03. The molecule has 0 saturated heterocycles. The summed E-state index contributed by atoms with van der Waals surface area (Å²) in [5.41, 5.74) is 18.3. The first kappa shape index (κ1) is 37.3. The topological polar surface area (TPSA) is 3.24 Å². The van der Waals surface area contributed by atoms with Crippen LogP contribution in [0.2, 0.25) is 0 Å². The SMILES string of the molecule is C1=CC(c2ccc3ccc4ccccc4c3c2)=CC(N(c2ccc3c(c2)-c2ccccc2C32CCCCC2)c2ccc3c(c2)C(c2ccccc2)(c2ccccc2)c2ccccc2-3)C1. The molecule has 0 amide bonds. The highest BCUT2D eigenvalue weighted by Gasteiger charge is 2.47. The fourth-order valence-electron chi connectivity index (χ4n) is 12.6. The molecule has 1 saturated carbocycles. The molecule has 0 aromatic heterocycles. The summed E-state index contributed by atoms with van der Waals surface area (Å²) in [7, 11) is 0. The van der Waals surface area contributed by atoms with E-state index in [0.717, 1.165) is 6.42 Å². The highest BCUT2D eigenvalue weighted by Crippen LogP contribution is 2.59. The summed E-state index contributed by atoms with van der Waals surface area (Å²) >= 11 is 0. The van der Waals surface area contributed by atoms with Crippen molar-refractivity contribution in [3.8, 4) is 22.3 Å². The van der Waals surface area contributed by atoms with Crippen LogP contribution in [0.15, 0.2) is 218 Å². The van der Waals surface area contributed by atoms with Crippen molar-refractivity contribution >= 4 is 38.5 Å². The molecule has 1 unspecified atom stereocenters. The first-order chi connectivity index (χ1) is 31.7. The smallest absolute Gasteiger partial charge is 0.0714 e. The van der Waals surface area contributed by atoms with E-state index in [9.17, 15) is 0 Å². The third kappa shape index (κ3) is 5.50. The highest BCUT2D eigenvalue weighted by molar-refractivity contribution is 6.08. The Morgan fingerprint density at radius 2 is 1.02 bits per heavy atom. The third-order valence-corrected chi connectivity index (χ3v) is 15.4. The Morgan fingerprint density at radius 1 is 0.422 bits per heavy atom. The molecule has 0 radical (unpaired) electrons. The minimum Gasteiger partial charge on any atom is -0.334 e. The number of benzene rings is 9. The van der Waals surface area contributed by atoms with Crippen molar-refractivity contribution in [3.63, 3.8) is 0 Å². The summed E-state index contributed by atoms with van der Waals surface area (Å²) in [5.74, 6) is 0. The predicted molar refractivity (Wildman–Crippen MR) is 269 cm³/mol. The van der Waals surface area contributed by atoms with Crippen molar-refractivity contribution in [2.75, 3.05) is 4.90 Å². The first-order valence-electron chi connectivity index (χ1n) is 23.4. The molecule has 64 heavy (non-hydrogen) atoms. The van der Waals surface area contributed by atoms with Crippen LogP contribution in [-0.2, 0) is 10.8 Å². The van der Waals surface area contributed by atoms with Gasteiger partial charge in [0.15, 0.2) is 0 Å². The predicted octanol–water partition coefficient (Wildman–Crippen LogP) is 16.1. The second-order valence-corrected chi connectivity index (χ2v) is 18.6. The monoisotopic (exact) mass is 819 g/mol. The standard InChI is InChI=1S/C63H49N/c1-4-19-47(20-5-1)63(48-21-6-2-7-22-48)60-28-13-11-25-53(60)55-35-33-51(42-61(55)63)64(50-34-36-59-57(41-50)54-26-10-12-27-58(54)62(59)37-14-3-15-38-62)49-23-16-18-45(39-49)46-32-31-44-30-29-43-17-8-9-24-52(43)56(44)40-46/h1-2,4-13,16-22,24-36,39-42,49H,3,14-15,23,37-38H2. The summed E-state index contributed by atoms with van der Waals surface area (Å²) in [6.07, 6.45) is 14.6. The summed E-state index contributed by atoms with van der Waals surface area (Å²) in [6, 6.07) is 76.1. The molecule has 1 atom stereocenters. The molecule has 0 N–H and O–H groups in total. The van der Waals surface area contributed by atoms with Crippen LogP contribution in [0.1, 0.15) is 77.5 Å². The Kier molecular flexibility index (Phi) is 8.57. The number of nitrogens with zero attached hydrogens (tertiary/aromatic N) is 1. The van der Waals surface area contributed by atoms with Crippen molar-refractivity contribution in [2.45, 2.75) is 55.4 Å². The van der Waals surface area contributed by atoms with E-state index < -0.39 is 5.41 Å². The van der Waals surface area contributed by atoms with Crippen LogP contribution in [-0.4, -0.2) is 6.04 Å². The van der Waals surface area contributed by atoms with Gasteiger partial charge in [0, 0.05) is 16.8 Å². The summed E-state index contributed by atoms with van der Waals surface area (Å²) in [4.78, 5) is 2.67. The number of allylic oxidation sites excluding steroid dienone is 2. The molecule has 0 bridgehead atoms. The molecular weight excluding hydrogens is 771 g/mol. The van der Waals surface area contributed by atoms with E-state index in [-0.39, 0.29) is 11.5 Å². The second kappa shape index (κ2) is 14.7. The van der Waals surface area contributed by atoms with Gasteiger partial charge in [-0.25, -0.2) is 0 Å². The number of fused-ring (bicyclic) bond motifs is 11. The van der Waals surface area contributed by atoms with E-state index in [1.165, 1.54) is 132 Å². The minimum absolute atomic E-state index is 0.0752. The van der Waals surface area contributed by atoms with Crippen LogP contribution in [0.4, 0.5) is 11.4 Å². The van der Waals surface area contributed by atoms with Gasteiger partial charge < -0.3 is 4.90 Å². The van der Waals surface area contributed by atoms with E-state index in [4.69, 9.17) is 0 Å². The van der Waals surface area contributed by atoms with Crippen molar-refractivity contribution in [1.82, 2.24) is 0 Å². The van der Waals surface area contributed by atoms with Gasteiger partial charge in [0.05, 0.1) is 11.5 Å². The molecule has 0 heterocycles. The van der Waals surface area contributed by atoms with Gasteiger partial charge >= 0.3 is 0 Å². The maximum atomic E-state index is 2.67. The molecular formula is C63H49N. The Morgan fingerprint density at radius 3 is 1.80 bits per heavy atom. The quantitative estimate of drug-likeness (QED) is 0.151. The van der Waals surface area contributed by atoms with Gasteiger partial charge in [-0.05, 0) is 138 Å². The molecule has 4 aliphatic carbocycles. The van der Waals surface area contributed by atoms with Crippen LogP contribution in [0.25, 0.3) is 49.4 Å². The van der Waals surface area contributed by atoms with Gasteiger partial charge in [-0.2, -0.15) is 0 Å². The molecule has 1 heteroatoms. The average Bonchev–Trinajstić information content (AvgIpc) is 3.81. The molecule has 0 aliphatic heterocycles. The molecule has 4 aliphatic rings. The highest BCUT2D eigenvalue weighted by atomic mass is 15.2. The largest absolute Gasteiger partial charge is 0.334 e. The van der Waals surface area contributed by atoms with Crippen molar-refractivity contribution < 1.29 is 0 Å². The normalized spacial score (nSPS) is 17.4. The summed E-state index contributed by atoms with van der Waals surface area (Å²) in [6.45, 7) is 0. The zero-order valence-electron chi connectivity index (χ0n) is 36.1. The first-order valence-corrected chi connectivity index (χ1v) is 23.4. The Bertz CT molecular complexity index is 3310. The molecule has 306 valence electrons. The van der Waals surface area contributed by atoms with E-state index in [0.29, 0.717) is 0 Å². The molecule has 1 spiro atoms. The van der Waals surface area contributed by atoms with Gasteiger partial charge in [0.25, 0.3) is 0 Å². The van der Waals surface area contributed by atoms with Crippen molar-refractivity contribution in [2.24, 2.45) is 0 Å². The van der Waals surface area contributed by atoms with Crippen molar-refractivity contribution in [3.05, 3.63) is 257 Å². The fourth-order valence-corrected chi connectivity index (χ4v) is 12.6. The molecule has 13 rings (SSSR count). The number of hydrogen-bond acceptors (Lipinski definition) is 1. The minimum atomic E-state index is -0.484. The third-order valence-electron chi connectivity index (χ3n) is 15.4. The van der Waals surface area contributed by atoms with Gasteiger partial charge in [-0.3, -0.25) is 0 Å². The molecule has 9 aromatic rings. The second-order valence-electron chi connectivity index (χ2n) is 18.6. The average molecular weight is 820 g/mol. The van der Waals surface area contributed by atoms with Gasteiger partial charge in [-0.1, -0.05) is 207 Å². The van der Waals surface area contributed by atoms with Crippen LogP contribution in [0.5, 0.6) is 0 Å². The number of anilines is 2. The van der Waals surface area contributed by atoms with Gasteiger partial charge in [0.1, 0.15) is 0 Å². The maximum absolute atomic E-state index is 2.67. The van der Waals surface area contributed by atoms with Crippen LogP contribution in [0.3, 0.4) is 0 Å². The lowest BCUT2D eigenvalue weighted by Crippen LogP contribution is -2.32. The lowest BCUT2D eigenvalue weighted by Gasteiger charge is -2.38. The fraction of sp³-hybridized carbons (Fsp3) is 0.143. The van der Waals surface area contributed by atoms with Crippen LogP contribution < -0.4 is 4.90 Å². The molecule has 9 aromatic carbocycles.